The molecule has 19 heavy (non-hydrogen) atoms. The lowest BCUT2D eigenvalue weighted by Gasteiger charge is -2.10. The minimum Gasteiger partial charge on any atom is -0.352 e. The monoisotopic (exact) mass is 301 g/mol. The van der Waals surface area contributed by atoms with E-state index in [1.54, 1.807) is 6.07 Å². The van der Waals surface area contributed by atoms with Gasteiger partial charge >= 0.3 is 0 Å². The fourth-order valence-electron chi connectivity index (χ4n) is 2.16. The van der Waals surface area contributed by atoms with E-state index in [1.165, 1.54) is 0 Å². The van der Waals surface area contributed by atoms with Crippen molar-refractivity contribution < 1.29 is 13.2 Å². The van der Waals surface area contributed by atoms with Crippen LogP contribution in [0.3, 0.4) is 0 Å². The molecule has 104 valence electrons. The van der Waals surface area contributed by atoms with Crippen LogP contribution in [0.2, 0.25) is 5.02 Å². The van der Waals surface area contributed by atoms with Crippen molar-refractivity contribution in [2.75, 3.05) is 11.5 Å². The van der Waals surface area contributed by atoms with Gasteiger partial charge in [0.25, 0.3) is 0 Å². The van der Waals surface area contributed by atoms with Crippen LogP contribution < -0.4 is 5.32 Å². The molecule has 1 N–H and O–H groups in total. The zero-order valence-corrected chi connectivity index (χ0v) is 12.0. The Kier molecular flexibility index (Phi) is 4.47. The highest BCUT2D eigenvalue weighted by Gasteiger charge is 2.28. The first-order valence-electron chi connectivity index (χ1n) is 6.19. The van der Waals surface area contributed by atoms with Crippen LogP contribution in [0, 0.1) is 0 Å². The van der Waals surface area contributed by atoms with E-state index in [2.05, 4.69) is 5.32 Å². The first-order valence-corrected chi connectivity index (χ1v) is 8.39. The largest absolute Gasteiger partial charge is 0.352 e. The van der Waals surface area contributed by atoms with Gasteiger partial charge < -0.3 is 5.32 Å². The molecule has 1 aliphatic rings. The molecule has 0 bridgehead atoms. The summed E-state index contributed by atoms with van der Waals surface area (Å²) in [5, 5.41) is 3.42. The number of rotatable bonds is 4. The lowest BCUT2D eigenvalue weighted by atomic mass is 10.1. The summed E-state index contributed by atoms with van der Waals surface area (Å²) in [6.07, 6.45) is 1.47. The molecular formula is C13H16ClNO3S. The van der Waals surface area contributed by atoms with Gasteiger partial charge in [0.2, 0.25) is 5.91 Å². The van der Waals surface area contributed by atoms with Crippen molar-refractivity contribution in [3.05, 3.63) is 34.9 Å². The molecule has 1 aliphatic heterocycles. The van der Waals surface area contributed by atoms with E-state index in [9.17, 15) is 13.2 Å². The van der Waals surface area contributed by atoms with Crippen LogP contribution >= 0.6 is 11.6 Å². The second kappa shape index (κ2) is 5.92. The van der Waals surface area contributed by atoms with Crippen molar-refractivity contribution >= 4 is 27.3 Å². The fourth-order valence-corrected chi connectivity index (χ4v) is 4.05. The molecule has 1 atom stereocenters. The summed E-state index contributed by atoms with van der Waals surface area (Å²) in [6, 6.07) is 7.15. The Hall–Kier alpha value is -1.07. The Morgan fingerprint density at radius 1 is 1.42 bits per heavy atom. The average molecular weight is 302 g/mol. The smallest absolute Gasteiger partial charge is 0.220 e. The molecule has 0 saturated carbocycles. The minimum atomic E-state index is -2.95. The summed E-state index contributed by atoms with van der Waals surface area (Å²) in [6.45, 7) is 0. The average Bonchev–Trinajstić information content (AvgIpc) is 2.66. The molecule has 0 aliphatic carbocycles. The number of aryl methyl sites for hydroxylation is 1. The first-order chi connectivity index (χ1) is 8.94. The molecule has 0 spiro atoms. The first kappa shape index (κ1) is 14.3. The van der Waals surface area contributed by atoms with Crippen molar-refractivity contribution in [3.8, 4) is 0 Å². The molecule has 2 rings (SSSR count). The summed E-state index contributed by atoms with van der Waals surface area (Å²) in [5.74, 6) is 0.129. The van der Waals surface area contributed by atoms with E-state index in [0.29, 0.717) is 24.3 Å². The summed E-state index contributed by atoms with van der Waals surface area (Å²) in [5.41, 5.74) is 1.00. The molecule has 1 heterocycles. The predicted octanol–water partition coefficient (Wildman–Crippen LogP) is 1.58. The van der Waals surface area contributed by atoms with Gasteiger partial charge in [-0.2, -0.15) is 0 Å². The summed E-state index contributed by atoms with van der Waals surface area (Å²) < 4.78 is 22.5. The van der Waals surface area contributed by atoms with Gasteiger partial charge in [-0.15, -0.1) is 0 Å². The molecule has 1 aromatic carbocycles. The maximum Gasteiger partial charge on any atom is 0.220 e. The molecule has 1 unspecified atom stereocenters. The summed E-state index contributed by atoms with van der Waals surface area (Å²) >= 11 is 5.86. The molecule has 0 aromatic heterocycles. The number of sulfone groups is 1. The van der Waals surface area contributed by atoms with E-state index in [0.717, 1.165) is 5.56 Å². The van der Waals surface area contributed by atoms with Gasteiger partial charge in [-0.05, 0) is 30.5 Å². The zero-order valence-electron chi connectivity index (χ0n) is 10.4. The third-order valence-electron chi connectivity index (χ3n) is 3.13. The number of carbonyl (C=O) groups excluding carboxylic acids is 1. The Morgan fingerprint density at radius 2 is 2.21 bits per heavy atom. The van der Waals surface area contributed by atoms with Crippen LogP contribution in [0.15, 0.2) is 24.3 Å². The van der Waals surface area contributed by atoms with Gasteiger partial charge in [0.1, 0.15) is 0 Å². The van der Waals surface area contributed by atoms with E-state index < -0.39 is 9.84 Å². The van der Waals surface area contributed by atoms with Crippen LogP contribution in [0.1, 0.15) is 18.4 Å². The topological polar surface area (TPSA) is 63.2 Å². The Morgan fingerprint density at radius 3 is 2.84 bits per heavy atom. The van der Waals surface area contributed by atoms with Crippen LogP contribution in [0.5, 0.6) is 0 Å². The fraction of sp³-hybridized carbons (Fsp3) is 0.462. The van der Waals surface area contributed by atoms with Crippen LogP contribution in [-0.2, 0) is 21.1 Å². The van der Waals surface area contributed by atoms with Crippen molar-refractivity contribution in [3.63, 3.8) is 0 Å². The van der Waals surface area contributed by atoms with Gasteiger partial charge in [-0.25, -0.2) is 8.42 Å². The lowest BCUT2D eigenvalue weighted by Crippen LogP contribution is -2.35. The number of carbonyl (C=O) groups is 1. The van der Waals surface area contributed by atoms with Gasteiger partial charge in [-0.3, -0.25) is 4.79 Å². The number of hydrogen-bond donors (Lipinski definition) is 1. The quantitative estimate of drug-likeness (QED) is 0.918. The molecule has 1 fully saturated rings. The second-order valence-electron chi connectivity index (χ2n) is 4.80. The third kappa shape index (κ3) is 4.51. The Balaban J connectivity index is 1.79. The predicted molar refractivity (Wildman–Crippen MR) is 75.0 cm³/mol. The number of nitrogens with one attached hydrogen (secondary N) is 1. The number of benzene rings is 1. The molecule has 0 radical (unpaired) electrons. The van der Waals surface area contributed by atoms with E-state index in [-0.39, 0.29) is 23.5 Å². The maximum atomic E-state index is 11.7. The van der Waals surface area contributed by atoms with Gasteiger partial charge in [0.05, 0.1) is 11.5 Å². The molecule has 1 aromatic rings. The molecule has 6 heteroatoms. The van der Waals surface area contributed by atoms with Crippen molar-refractivity contribution in [1.29, 1.82) is 0 Å². The van der Waals surface area contributed by atoms with Crippen LogP contribution in [0.4, 0.5) is 0 Å². The van der Waals surface area contributed by atoms with Gasteiger partial charge in [0.15, 0.2) is 9.84 Å². The molecule has 1 saturated heterocycles. The third-order valence-corrected chi connectivity index (χ3v) is 5.13. The second-order valence-corrected chi connectivity index (χ2v) is 7.46. The molecule has 1 amide bonds. The summed E-state index contributed by atoms with van der Waals surface area (Å²) in [7, 11) is -2.95. The van der Waals surface area contributed by atoms with Crippen molar-refractivity contribution in [2.24, 2.45) is 0 Å². The van der Waals surface area contributed by atoms with Gasteiger partial charge in [0, 0.05) is 17.5 Å². The highest BCUT2D eigenvalue weighted by molar-refractivity contribution is 7.91. The van der Waals surface area contributed by atoms with Crippen molar-refractivity contribution in [2.45, 2.75) is 25.3 Å². The lowest BCUT2D eigenvalue weighted by molar-refractivity contribution is -0.121. The Labute approximate surface area is 118 Å². The zero-order chi connectivity index (χ0) is 13.9. The number of amides is 1. The molecule has 4 nitrogen and oxygen atoms in total. The molecular weight excluding hydrogens is 286 g/mol. The van der Waals surface area contributed by atoms with Crippen LogP contribution in [0.25, 0.3) is 0 Å². The van der Waals surface area contributed by atoms with E-state index in [1.807, 2.05) is 18.2 Å². The van der Waals surface area contributed by atoms with E-state index in [4.69, 9.17) is 11.6 Å². The van der Waals surface area contributed by atoms with Gasteiger partial charge in [-0.1, -0.05) is 23.7 Å². The summed E-state index contributed by atoms with van der Waals surface area (Å²) in [4.78, 5) is 11.7. The number of hydrogen-bond acceptors (Lipinski definition) is 3. The normalized spacial score (nSPS) is 21.2. The highest BCUT2D eigenvalue weighted by atomic mass is 35.5. The SMILES string of the molecule is O=C(CCc1cccc(Cl)c1)NC1CCS(=O)(=O)C1. The van der Waals surface area contributed by atoms with Crippen molar-refractivity contribution in [1.82, 2.24) is 5.32 Å². The minimum absolute atomic E-state index is 0.0654. The van der Waals surface area contributed by atoms with Crippen LogP contribution in [-0.4, -0.2) is 31.9 Å². The Bertz CT molecular complexity index is 571. The highest BCUT2D eigenvalue weighted by Crippen LogP contribution is 2.13. The number of halogens is 1. The standard InChI is InChI=1S/C13H16ClNO3S/c14-11-3-1-2-10(8-11)4-5-13(16)15-12-6-7-19(17,18)9-12/h1-3,8,12H,4-7,9H2,(H,15,16). The maximum absolute atomic E-state index is 11.7. The van der Waals surface area contributed by atoms with E-state index >= 15 is 0 Å².